The molecule has 1 aliphatic heterocycles. The predicted molar refractivity (Wildman–Crippen MR) is 64.2 cm³/mol. The Hall–Kier alpha value is -1.82. The van der Waals surface area contributed by atoms with E-state index in [1.165, 1.54) is 6.07 Å². The number of hydrogen-bond donors (Lipinski definition) is 1. The monoisotopic (exact) mass is 265 g/mol. The average molecular weight is 265 g/mol. The zero-order valence-electron chi connectivity index (χ0n) is 10.4. The third kappa shape index (κ3) is 2.12. The molecule has 3 rings (SSSR count). The Balaban J connectivity index is 1.94. The van der Waals surface area contributed by atoms with Gasteiger partial charge in [0.2, 0.25) is 11.7 Å². The van der Waals surface area contributed by atoms with Crippen LogP contribution in [0.3, 0.4) is 0 Å². The van der Waals surface area contributed by atoms with Crippen molar-refractivity contribution in [1.29, 1.82) is 0 Å². The van der Waals surface area contributed by atoms with Crippen molar-refractivity contribution < 1.29 is 13.3 Å². The van der Waals surface area contributed by atoms with E-state index in [0.29, 0.717) is 11.5 Å². The van der Waals surface area contributed by atoms with E-state index in [1.54, 1.807) is 0 Å². The van der Waals surface area contributed by atoms with E-state index in [9.17, 15) is 8.78 Å². The molecule has 0 spiro atoms. The number of rotatable bonds is 2. The Bertz CT molecular complexity index is 606. The lowest BCUT2D eigenvalue weighted by Crippen LogP contribution is -2.33. The van der Waals surface area contributed by atoms with E-state index in [0.717, 1.165) is 31.5 Å². The van der Waals surface area contributed by atoms with E-state index in [1.807, 2.05) is 6.92 Å². The molecule has 19 heavy (non-hydrogen) atoms. The summed E-state index contributed by atoms with van der Waals surface area (Å²) in [7, 11) is 0. The van der Waals surface area contributed by atoms with Crippen molar-refractivity contribution in [3.63, 3.8) is 0 Å². The molecular weight excluding hydrogens is 252 g/mol. The Morgan fingerprint density at radius 3 is 2.84 bits per heavy atom. The lowest BCUT2D eigenvalue weighted by atomic mass is 10.0. The highest BCUT2D eigenvalue weighted by atomic mass is 19.2. The molecule has 1 aromatic heterocycles. The Morgan fingerprint density at radius 2 is 2.16 bits per heavy atom. The summed E-state index contributed by atoms with van der Waals surface area (Å²) in [6.07, 6.45) is 1.95. The molecule has 0 bridgehead atoms. The fraction of sp³-hybridized carbons (Fsp3) is 0.385. The van der Waals surface area contributed by atoms with Crippen molar-refractivity contribution in [1.82, 2.24) is 15.5 Å². The lowest BCUT2D eigenvalue weighted by molar-refractivity contribution is 0.275. The van der Waals surface area contributed by atoms with Crippen LogP contribution in [0.2, 0.25) is 0 Å². The minimum atomic E-state index is -0.922. The Kier molecular flexibility index (Phi) is 2.82. The van der Waals surface area contributed by atoms with Gasteiger partial charge >= 0.3 is 0 Å². The number of benzene rings is 1. The molecule has 1 N–H and O–H groups in total. The molecule has 100 valence electrons. The number of halogens is 2. The highest BCUT2D eigenvalue weighted by molar-refractivity contribution is 5.54. The molecule has 2 aromatic rings. The maximum Gasteiger partial charge on any atom is 0.246 e. The van der Waals surface area contributed by atoms with Gasteiger partial charge in [0.15, 0.2) is 11.6 Å². The largest absolute Gasteiger partial charge is 0.337 e. The third-order valence-electron chi connectivity index (χ3n) is 3.44. The highest BCUT2D eigenvalue weighted by Crippen LogP contribution is 2.30. The molecule has 2 heterocycles. The molecule has 1 aromatic carbocycles. The van der Waals surface area contributed by atoms with Gasteiger partial charge in [-0.05, 0) is 44.5 Å². The second-order valence-electron chi connectivity index (χ2n) is 4.91. The lowest BCUT2D eigenvalue weighted by Gasteiger charge is -2.18. The molecule has 0 saturated carbocycles. The van der Waals surface area contributed by atoms with E-state index >= 15 is 0 Å². The SMILES string of the molecule is CC1(c2nc(-c3ccc(F)c(F)c3)no2)CCCN1. The average Bonchev–Trinajstić information content (AvgIpc) is 3.02. The summed E-state index contributed by atoms with van der Waals surface area (Å²) in [6.45, 7) is 2.89. The van der Waals surface area contributed by atoms with Gasteiger partial charge in [0.25, 0.3) is 0 Å². The minimum absolute atomic E-state index is 0.267. The van der Waals surface area contributed by atoms with E-state index < -0.39 is 11.6 Å². The third-order valence-corrected chi connectivity index (χ3v) is 3.44. The smallest absolute Gasteiger partial charge is 0.246 e. The van der Waals surface area contributed by atoms with E-state index in [-0.39, 0.29) is 11.4 Å². The predicted octanol–water partition coefficient (Wildman–Crippen LogP) is 2.61. The van der Waals surface area contributed by atoms with Crippen LogP contribution in [0.25, 0.3) is 11.4 Å². The summed E-state index contributed by atoms with van der Waals surface area (Å²) in [4.78, 5) is 4.28. The molecule has 0 radical (unpaired) electrons. The molecule has 6 heteroatoms. The van der Waals surface area contributed by atoms with E-state index in [2.05, 4.69) is 15.5 Å². The van der Waals surface area contributed by atoms with Gasteiger partial charge < -0.3 is 9.84 Å². The Labute approximate surface area is 108 Å². The van der Waals surface area contributed by atoms with Crippen LogP contribution in [0, 0.1) is 11.6 Å². The highest BCUT2D eigenvalue weighted by Gasteiger charge is 2.35. The zero-order valence-corrected chi connectivity index (χ0v) is 10.4. The summed E-state index contributed by atoms with van der Waals surface area (Å²) < 4.78 is 31.3. The van der Waals surface area contributed by atoms with Crippen LogP contribution in [-0.4, -0.2) is 16.7 Å². The van der Waals surface area contributed by atoms with Crippen LogP contribution >= 0.6 is 0 Å². The molecule has 1 fully saturated rings. The van der Waals surface area contributed by atoms with Crippen LogP contribution in [0.4, 0.5) is 8.78 Å². The quantitative estimate of drug-likeness (QED) is 0.906. The first-order valence-corrected chi connectivity index (χ1v) is 6.13. The van der Waals surface area contributed by atoms with Crippen LogP contribution in [0.1, 0.15) is 25.7 Å². The number of aromatic nitrogens is 2. The van der Waals surface area contributed by atoms with Crippen LogP contribution < -0.4 is 5.32 Å². The summed E-state index contributed by atoms with van der Waals surface area (Å²) in [5.74, 6) is -1.07. The molecule has 0 aliphatic carbocycles. The number of nitrogens with one attached hydrogen (secondary N) is 1. The van der Waals surface area contributed by atoms with E-state index in [4.69, 9.17) is 4.52 Å². The normalized spacial score (nSPS) is 22.9. The fourth-order valence-electron chi connectivity index (χ4n) is 2.28. The second-order valence-corrected chi connectivity index (χ2v) is 4.91. The van der Waals surface area contributed by atoms with Crippen LogP contribution in [0.15, 0.2) is 22.7 Å². The molecule has 1 atom stereocenters. The maximum absolute atomic E-state index is 13.2. The van der Waals surface area contributed by atoms with Crippen molar-refractivity contribution in [3.05, 3.63) is 35.7 Å². The number of hydrogen-bond acceptors (Lipinski definition) is 4. The van der Waals surface area contributed by atoms with Gasteiger partial charge in [0.05, 0.1) is 5.54 Å². The summed E-state index contributed by atoms with van der Waals surface area (Å²) >= 11 is 0. The Morgan fingerprint density at radius 1 is 1.32 bits per heavy atom. The minimum Gasteiger partial charge on any atom is -0.337 e. The van der Waals surface area contributed by atoms with Crippen molar-refractivity contribution >= 4 is 0 Å². The second kappa shape index (κ2) is 4.38. The molecular formula is C13H13F2N3O. The fourth-order valence-corrected chi connectivity index (χ4v) is 2.28. The van der Waals surface area contributed by atoms with Gasteiger partial charge in [-0.25, -0.2) is 8.78 Å². The van der Waals surface area contributed by atoms with Crippen LogP contribution in [0.5, 0.6) is 0 Å². The van der Waals surface area contributed by atoms with Gasteiger partial charge in [-0.15, -0.1) is 0 Å². The standard InChI is InChI=1S/C13H13F2N3O/c1-13(5-2-6-16-13)12-17-11(18-19-12)8-3-4-9(14)10(15)7-8/h3-4,7,16H,2,5-6H2,1H3. The number of nitrogens with zero attached hydrogens (tertiary/aromatic N) is 2. The van der Waals surface area contributed by atoms with Gasteiger partial charge in [-0.1, -0.05) is 5.16 Å². The molecule has 4 nitrogen and oxygen atoms in total. The van der Waals surface area contributed by atoms with Crippen molar-refractivity contribution in [2.75, 3.05) is 6.54 Å². The molecule has 1 unspecified atom stereocenters. The zero-order chi connectivity index (χ0) is 13.5. The summed E-state index contributed by atoms with van der Waals surface area (Å²) in [6, 6.07) is 3.54. The van der Waals surface area contributed by atoms with Gasteiger partial charge in [0.1, 0.15) is 0 Å². The van der Waals surface area contributed by atoms with Gasteiger partial charge in [-0.2, -0.15) is 4.98 Å². The molecule has 1 saturated heterocycles. The van der Waals surface area contributed by atoms with Gasteiger partial charge in [-0.3, -0.25) is 0 Å². The first kappa shape index (κ1) is 12.2. The van der Waals surface area contributed by atoms with Crippen molar-refractivity contribution in [3.8, 4) is 11.4 Å². The van der Waals surface area contributed by atoms with Gasteiger partial charge in [0, 0.05) is 5.56 Å². The maximum atomic E-state index is 13.2. The van der Waals surface area contributed by atoms with Crippen molar-refractivity contribution in [2.24, 2.45) is 0 Å². The first-order valence-electron chi connectivity index (χ1n) is 6.13. The topological polar surface area (TPSA) is 51.0 Å². The van der Waals surface area contributed by atoms with Crippen molar-refractivity contribution in [2.45, 2.75) is 25.3 Å². The molecule has 1 aliphatic rings. The summed E-state index contributed by atoms with van der Waals surface area (Å²) in [5.41, 5.74) is 0.0691. The van der Waals surface area contributed by atoms with Crippen LogP contribution in [-0.2, 0) is 5.54 Å². The first-order chi connectivity index (χ1) is 9.08. The summed E-state index contributed by atoms with van der Waals surface area (Å²) in [5, 5.41) is 7.14. The molecule has 0 amide bonds.